The topological polar surface area (TPSA) is 47.9 Å². The fraction of sp³-hybridized carbons (Fsp3) is 1.00. The minimum absolute atomic E-state index is 0.00264. The Morgan fingerprint density at radius 3 is 2.75 bits per heavy atom. The highest BCUT2D eigenvalue weighted by atomic mass is 16.8. The highest BCUT2D eigenvalue weighted by molar-refractivity contribution is 4.84. The molecule has 0 aromatic heterocycles. The minimum atomic E-state index is -0.532. The zero-order chi connectivity index (χ0) is 8.77. The lowest BCUT2D eigenvalue weighted by Gasteiger charge is -2.19. The van der Waals surface area contributed by atoms with Crippen molar-refractivity contribution in [1.29, 1.82) is 0 Å². The first-order chi connectivity index (χ1) is 5.61. The number of hydrogen-bond acceptors (Lipinski definition) is 4. The lowest BCUT2D eigenvalue weighted by atomic mass is 10.2. The molecule has 2 rings (SSSR count). The van der Waals surface area contributed by atoms with Crippen LogP contribution in [0.5, 0.6) is 0 Å². The second kappa shape index (κ2) is 2.67. The van der Waals surface area contributed by atoms with E-state index >= 15 is 0 Å². The van der Waals surface area contributed by atoms with Gasteiger partial charge in [-0.3, -0.25) is 0 Å². The number of aliphatic hydroxyl groups excluding tert-OH is 1. The van der Waals surface area contributed by atoms with Crippen LogP contribution in [0.1, 0.15) is 20.3 Å². The molecule has 0 bridgehead atoms. The quantitative estimate of drug-likeness (QED) is 0.619. The third-order valence-electron chi connectivity index (χ3n) is 2.16. The van der Waals surface area contributed by atoms with Gasteiger partial charge in [0.05, 0.1) is 12.7 Å². The van der Waals surface area contributed by atoms with Crippen LogP contribution in [-0.2, 0) is 14.2 Å². The van der Waals surface area contributed by atoms with Gasteiger partial charge < -0.3 is 19.3 Å². The first-order valence-corrected chi connectivity index (χ1v) is 4.23. The molecule has 1 unspecified atom stereocenters. The summed E-state index contributed by atoms with van der Waals surface area (Å²) in [5.74, 6) is -0.532. The summed E-state index contributed by atoms with van der Waals surface area (Å²) >= 11 is 0. The van der Waals surface area contributed by atoms with Gasteiger partial charge in [-0.1, -0.05) is 0 Å². The normalized spacial score (nSPS) is 44.8. The van der Waals surface area contributed by atoms with E-state index in [9.17, 15) is 0 Å². The third-order valence-corrected chi connectivity index (χ3v) is 2.16. The average Bonchev–Trinajstić information content (AvgIpc) is 2.40. The maximum Gasteiger partial charge on any atom is 0.187 e. The van der Waals surface area contributed by atoms with Gasteiger partial charge >= 0.3 is 0 Å². The molecule has 1 N–H and O–H groups in total. The molecule has 70 valence electrons. The summed E-state index contributed by atoms with van der Waals surface area (Å²) in [5, 5.41) is 8.82. The van der Waals surface area contributed by atoms with Gasteiger partial charge in [0.15, 0.2) is 12.1 Å². The largest absolute Gasteiger partial charge is 0.394 e. The molecule has 2 aliphatic rings. The molecule has 3 atom stereocenters. The zero-order valence-corrected chi connectivity index (χ0v) is 7.32. The van der Waals surface area contributed by atoms with Crippen molar-refractivity contribution in [3.8, 4) is 0 Å². The van der Waals surface area contributed by atoms with Crippen LogP contribution in [0.25, 0.3) is 0 Å². The van der Waals surface area contributed by atoms with Gasteiger partial charge in [0.1, 0.15) is 6.10 Å². The Bertz CT molecular complexity index is 164. The summed E-state index contributed by atoms with van der Waals surface area (Å²) in [6.07, 6.45) is 0.329. The smallest absolute Gasteiger partial charge is 0.187 e. The van der Waals surface area contributed by atoms with E-state index in [2.05, 4.69) is 0 Å². The van der Waals surface area contributed by atoms with Gasteiger partial charge in [-0.25, -0.2) is 0 Å². The van der Waals surface area contributed by atoms with Gasteiger partial charge in [0, 0.05) is 6.42 Å². The van der Waals surface area contributed by atoms with Gasteiger partial charge in [-0.2, -0.15) is 0 Å². The van der Waals surface area contributed by atoms with Gasteiger partial charge in [-0.15, -0.1) is 0 Å². The molecule has 0 aliphatic carbocycles. The third kappa shape index (κ3) is 1.35. The van der Waals surface area contributed by atoms with E-state index < -0.39 is 5.79 Å². The van der Waals surface area contributed by atoms with Crippen LogP contribution in [0.2, 0.25) is 0 Å². The predicted molar refractivity (Wildman–Crippen MR) is 40.4 cm³/mol. The Hall–Kier alpha value is -0.160. The molecule has 2 aliphatic heterocycles. The number of fused-ring (bicyclic) bond motifs is 1. The molecule has 2 fully saturated rings. The molecule has 0 aromatic carbocycles. The molecule has 12 heavy (non-hydrogen) atoms. The Morgan fingerprint density at radius 1 is 1.42 bits per heavy atom. The van der Waals surface area contributed by atoms with E-state index in [0.29, 0.717) is 0 Å². The second-order valence-corrected chi connectivity index (χ2v) is 3.72. The van der Waals surface area contributed by atoms with Gasteiger partial charge in [0.2, 0.25) is 0 Å². The van der Waals surface area contributed by atoms with E-state index in [1.54, 1.807) is 0 Å². The van der Waals surface area contributed by atoms with E-state index in [4.69, 9.17) is 19.3 Å². The molecule has 0 saturated carbocycles. The molecule has 2 heterocycles. The first-order valence-electron chi connectivity index (χ1n) is 4.23. The van der Waals surface area contributed by atoms with Crippen molar-refractivity contribution >= 4 is 0 Å². The second-order valence-electron chi connectivity index (χ2n) is 3.72. The van der Waals surface area contributed by atoms with Crippen molar-refractivity contribution in [2.45, 2.75) is 44.6 Å². The summed E-state index contributed by atoms with van der Waals surface area (Å²) in [5.41, 5.74) is 0. The monoisotopic (exact) mass is 174 g/mol. The molecule has 0 amide bonds. The number of hydrogen-bond donors (Lipinski definition) is 1. The van der Waals surface area contributed by atoms with Crippen LogP contribution in [0.4, 0.5) is 0 Å². The van der Waals surface area contributed by atoms with Crippen molar-refractivity contribution < 1.29 is 19.3 Å². The Labute approximate surface area is 71.4 Å². The van der Waals surface area contributed by atoms with Crippen LogP contribution in [-0.4, -0.2) is 36.0 Å². The lowest BCUT2D eigenvalue weighted by molar-refractivity contribution is -0.207. The summed E-state index contributed by atoms with van der Waals surface area (Å²) in [6.45, 7) is 3.77. The Balaban J connectivity index is 1.97. The molecular weight excluding hydrogens is 160 g/mol. The van der Waals surface area contributed by atoms with Crippen LogP contribution in [0.15, 0.2) is 0 Å². The number of ether oxygens (including phenoxy) is 3. The molecule has 2 saturated heterocycles. The summed E-state index contributed by atoms with van der Waals surface area (Å²) in [7, 11) is 0. The van der Waals surface area contributed by atoms with E-state index in [1.807, 2.05) is 13.8 Å². The van der Waals surface area contributed by atoms with Gasteiger partial charge in [0.25, 0.3) is 0 Å². The molecule has 4 heteroatoms. The fourth-order valence-electron chi connectivity index (χ4n) is 1.70. The van der Waals surface area contributed by atoms with Crippen LogP contribution in [0.3, 0.4) is 0 Å². The molecular formula is C8H14O4. The highest BCUT2D eigenvalue weighted by Gasteiger charge is 2.48. The number of aliphatic hydroxyl groups is 1. The first kappa shape index (κ1) is 8.44. The molecule has 0 aromatic rings. The van der Waals surface area contributed by atoms with Crippen LogP contribution in [0, 0.1) is 0 Å². The van der Waals surface area contributed by atoms with Crippen molar-refractivity contribution in [2.24, 2.45) is 0 Å². The summed E-state index contributed by atoms with van der Waals surface area (Å²) in [4.78, 5) is 0. The Kier molecular flexibility index (Phi) is 1.88. The summed E-state index contributed by atoms with van der Waals surface area (Å²) < 4.78 is 16.4. The van der Waals surface area contributed by atoms with Crippen molar-refractivity contribution in [2.75, 3.05) is 6.61 Å². The fourth-order valence-corrected chi connectivity index (χ4v) is 1.70. The number of rotatable bonds is 1. The Morgan fingerprint density at radius 2 is 2.17 bits per heavy atom. The molecule has 0 radical (unpaired) electrons. The molecule has 4 nitrogen and oxygen atoms in total. The van der Waals surface area contributed by atoms with E-state index in [1.165, 1.54) is 0 Å². The van der Waals surface area contributed by atoms with E-state index in [0.717, 1.165) is 6.42 Å². The average molecular weight is 174 g/mol. The standard InChI is InChI=1S/C8H14O4/c1-8(2)11-6-3-5(4-9)10-7(6)12-8/h5-7,9H,3-4H2,1-2H3/t5-,6+,7?/m0/s1. The van der Waals surface area contributed by atoms with Crippen molar-refractivity contribution in [3.63, 3.8) is 0 Å². The predicted octanol–water partition coefficient (Wildman–Crippen LogP) is 0.245. The van der Waals surface area contributed by atoms with Crippen LogP contribution < -0.4 is 0 Å². The maximum absolute atomic E-state index is 8.82. The van der Waals surface area contributed by atoms with Crippen molar-refractivity contribution in [1.82, 2.24) is 0 Å². The summed E-state index contributed by atoms with van der Waals surface area (Å²) in [6, 6.07) is 0. The highest BCUT2D eigenvalue weighted by Crippen LogP contribution is 2.36. The SMILES string of the molecule is CC1(C)OC2O[C@H](CO)C[C@H]2O1. The van der Waals surface area contributed by atoms with Gasteiger partial charge in [-0.05, 0) is 13.8 Å². The molecule has 0 spiro atoms. The van der Waals surface area contributed by atoms with Crippen molar-refractivity contribution in [3.05, 3.63) is 0 Å². The van der Waals surface area contributed by atoms with Crippen LogP contribution >= 0.6 is 0 Å². The minimum Gasteiger partial charge on any atom is -0.394 e. The zero-order valence-electron chi connectivity index (χ0n) is 7.32. The maximum atomic E-state index is 8.82. The van der Waals surface area contributed by atoms with E-state index in [-0.39, 0.29) is 25.1 Å². The lowest BCUT2D eigenvalue weighted by Crippen LogP contribution is -2.25.